The molecule has 0 atom stereocenters. The minimum atomic E-state index is -4.58. The molecule has 11 heteroatoms. The Morgan fingerprint density at radius 2 is 2.00 bits per heavy atom. The minimum Gasteiger partial charge on any atom is -0.258 e. The van der Waals surface area contributed by atoms with Gasteiger partial charge >= 0.3 is 5.69 Å². The molecule has 0 saturated carbocycles. The monoisotopic (exact) mass is 306 g/mol. The molecule has 0 fully saturated rings. The number of rotatable bonds is 3. The topological polar surface area (TPSA) is 90.2 Å². The number of aromatic nitrogens is 1. The first-order valence-corrected chi connectivity index (χ1v) is 6.40. The zero-order valence-corrected chi connectivity index (χ0v) is 9.93. The van der Waals surface area contributed by atoms with E-state index in [0.29, 0.717) is 6.20 Å². The SMILES string of the molecule is O=[N+]([O-])c1c(Cl)ncc(S(=O)(=O)Cl)c1C(F)F. The molecule has 94 valence electrons. The van der Waals surface area contributed by atoms with Crippen molar-refractivity contribution in [2.45, 2.75) is 11.3 Å². The molecule has 0 bridgehead atoms. The van der Waals surface area contributed by atoms with Gasteiger partial charge in [-0.05, 0) is 0 Å². The molecule has 1 aromatic heterocycles. The van der Waals surface area contributed by atoms with Gasteiger partial charge in [0, 0.05) is 16.9 Å². The summed E-state index contributed by atoms with van der Waals surface area (Å²) in [5, 5.41) is 9.70. The van der Waals surface area contributed by atoms with Crippen LogP contribution in [0.2, 0.25) is 5.15 Å². The first kappa shape index (κ1) is 14.0. The Bertz CT molecular complexity index is 578. The van der Waals surface area contributed by atoms with E-state index in [9.17, 15) is 27.3 Å². The summed E-state index contributed by atoms with van der Waals surface area (Å²) in [6, 6.07) is 0. The van der Waals surface area contributed by atoms with Gasteiger partial charge in [-0.3, -0.25) is 10.1 Å². The summed E-state index contributed by atoms with van der Waals surface area (Å²) in [5.74, 6) is 0. The van der Waals surface area contributed by atoms with E-state index in [1.54, 1.807) is 0 Å². The Morgan fingerprint density at radius 3 is 2.35 bits per heavy atom. The Labute approximate surface area is 103 Å². The fraction of sp³-hybridized carbons (Fsp3) is 0.167. The lowest BCUT2D eigenvalue weighted by Crippen LogP contribution is -2.05. The van der Waals surface area contributed by atoms with E-state index in [1.165, 1.54) is 0 Å². The summed E-state index contributed by atoms with van der Waals surface area (Å²) in [4.78, 5) is 11.3. The molecule has 0 N–H and O–H groups in total. The van der Waals surface area contributed by atoms with Crippen molar-refractivity contribution in [2.75, 3.05) is 0 Å². The largest absolute Gasteiger partial charge is 0.316 e. The van der Waals surface area contributed by atoms with Gasteiger partial charge in [0.05, 0.1) is 4.92 Å². The highest BCUT2D eigenvalue weighted by atomic mass is 35.7. The van der Waals surface area contributed by atoms with Crippen LogP contribution in [0.3, 0.4) is 0 Å². The molecule has 0 radical (unpaired) electrons. The van der Waals surface area contributed by atoms with Gasteiger partial charge in [0.2, 0.25) is 5.15 Å². The van der Waals surface area contributed by atoms with E-state index in [0.717, 1.165) is 0 Å². The van der Waals surface area contributed by atoms with Crippen LogP contribution < -0.4 is 0 Å². The van der Waals surface area contributed by atoms with Crippen LogP contribution in [0.1, 0.15) is 12.0 Å². The lowest BCUT2D eigenvalue weighted by atomic mass is 10.2. The molecule has 17 heavy (non-hydrogen) atoms. The number of hydrogen-bond donors (Lipinski definition) is 0. The van der Waals surface area contributed by atoms with Crippen LogP contribution in [-0.4, -0.2) is 18.3 Å². The molecule has 1 aromatic rings. The maximum Gasteiger partial charge on any atom is 0.316 e. The quantitative estimate of drug-likeness (QED) is 0.370. The molecule has 0 aliphatic heterocycles. The van der Waals surface area contributed by atoms with Crippen molar-refractivity contribution >= 4 is 37.0 Å². The van der Waals surface area contributed by atoms with E-state index in [4.69, 9.17) is 22.3 Å². The second-order valence-electron chi connectivity index (χ2n) is 2.67. The summed E-state index contributed by atoms with van der Waals surface area (Å²) in [5.41, 5.74) is -2.65. The molecule has 6 nitrogen and oxygen atoms in total. The van der Waals surface area contributed by atoms with Gasteiger partial charge in [0.1, 0.15) is 10.5 Å². The average Bonchev–Trinajstić information content (AvgIpc) is 2.14. The van der Waals surface area contributed by atoms with E-state index in [2.05, 4.69) is 4.98 Å². The molecular weight excluding hydrogens is 305 g/mol. The maximum absolute atomic E-state index is 12.6. The Kier molecular flexibility index (Phi) is 3.84. The number of alkyl halides is 2. The normalized spacial score (nSPS) is 11.8. The van der Waals surface area contributed by atoms with Gasteiger partial charge in [0.15, 0.2) is 0 Å². The van der Waals surface area contributed by atoms with Crippen molar-refractivity contribution in [2.24, 2.45) is 0 Å². The minimum absolute atomic E-state index is 0.444. The van der Waals surface area contributed by atoms with Crippen LogP contribution in [0.4, 0.5) is 14.5 Å². The van der Waals surface area contributed by atoms with Crippen LogP contribution in [0, 0.1) is 10.1 Å². The number of hydrogen-bond acceptors (Lipinski definition) is 5. The van der Waals surface area contributed by atoms with Crippen molar-refractivity contribution in [3.05, 3.63) is 27.0 Å². The fourth-order valence-electron chi connectivity index (χ4n) is 1.05. The van der Waals surface area contributed by atoms with E-state index in [1.807, 2.05) is 0 Å². The van der Waals surface area contributed by atoms with Crippen molar-refractivity contribution in [1.29, 1.82) is 0 Å². The molecule has 0 aliphatic carbocycles. The zero-order chi connectivity index (χ0) is 13.4. The van der Waals surface area contributed by atoms with Crippen LogP contribution in [-0.2, 0) is 9.05 Å². The van der Waals surface area contributed by atoms with Gasteiger partial charge in [-0.1, -0.05) is 11.6 Å². The van der Waals surface area contributed by atoms with Gasteiger partial charge in [0.25, 0.3) is 15.5 Å². The van der Waals surface area contributed by atoms with Gasteiger partial charge in [-0.15, -0.1) is 0 Å². The molecule has 0 aliphatic rings. The smallest absolute Gasteiger partial charge is 0.258 e. The Hall–Kier alpha value is -1.06. The van der Waals surface area contributed by atoms with Crippen molar-refractivity contribution in [1.82, 2.24) is 4.98 Å². The third kappa shape index (κ3) is 2.79. The molecule has 0 amide bonds. The summed E-state index contributed by atoms with van der Waals surface area (Å²) in [6.45, 7) is 0. The van der Waals surface area contributed by atoms with Crippen LogP contribution >= 0.6 is 22.3 Å². The maximum atomic E-state index is 12.6. The highest BCUT2D eigenvalue weighted by Crippen LogP contribution is 2.38. The molecule has 0 saturated heterocycles. The van der Waals surface area contributed by atoms with E-state index >= 15 is 0 Å². The second kappa shape index (κ2) is 4.67. The lowest BCUT2D eigenvalue weighted by Gasteiger charge is -2.06. The molecule has 0 aromatic carbocycles. The summed E-state index contributed by atoms with van der Waals surface area (Å²) < 4.78 is 47.2. The molecule has 0 spiro atoms. The number of pyridine rings is 1. The van der Waals surface area contributed by atoms with Crippen molar-refractivity contribution in [3.63, 3.8) is 0 Å². The summed E-state index contributed by atoms with van der Waals surface area (Å²) in [6.07, 6.45) is -2.99. The van der Waals surface area contributed by atoms with E-state index in [-0.39, 0.29) is 0 Å². The highest BCUT2D eigenvalue weighted by Gasteiger charge is 2.34. The van der Waals surface area contributed by atoms with Gasteiger partial charge in [-0.2, -0.15) is 0 Å². The lowest BCUT2D eigenvalue weighted by molar-refractivity contribution is -0.386. The first-order chi connectivity index (χ1) is 7.66. The Morgan fingerprint density at radius 1 is 1.47 bits per heavy atom. The zero-order valence-electron chi connectivity index (χ0n) is 7.60. The molecular formula is C6H2Cl2F2N2O4S. The molecule has 1 rings (SSSR count). The number of nitro groups is 1. The first-order valence-electron chi connectivity index (χ1n) is 3.72. The van der Waals surface area contributed by atoms with Crippen molar-refractivity contribution < 1.29 is 22.1 Å². The van der Waals surface area contributed by atoms with Gasteiger partial charge < -0.3 is 0 Å². The third-order valence-corrected chi connectivity index (χ3v) is 3.30. The highest BCUT2D eigenvalue weighted by molar-refractivity contribution is 8.13. The predicted octanol–water partition coefficient (Wildman–Crippen LogP) is 2.51. The second-order valence-corrected chi connectivity index (χ2v) is 5.56. The van der Waals surface area contributed by atoms with Crippen LogP contribution in [0.5, 0.6) is 0 Å². The van der Waals surface area contributed by atoms with E-state index < -0.39 is 41.7 Å². The number of halogens is 4. The number of nitrogens with zero attached hydrogens (tertiary/aromatic N) is 2. The van der Waals surface area contributed by atoms with Crippen LogP contribution in [0.15, 0.2) is 11.1 Å². The third-order valence-electron chi connectivity index (χ3n) is 1.67. The molecule has 1 heterocycles. The summed E-state index contributed by atoms with van der Waals surface area (Å²) in [7, 11) is 0.285. The Balaban J connectivity index is 3.78. The molecule has 0 unspecified atom stereocenters. The average molecular weight is 307 g/mol. The predicted molar refractivity (Wildman–Crippen MR) is 53.9 cm³/mol. The standard InChI is InChI=1S/C6H2Cl2F2N2O4S/c7-5-4(12(13)14)3(6(9)10)2(1-11-5)17(8,15)16/h1,6H. The summed E-state index contributed by atoms with van der Waals surface area (Å²) >= 11 is 5.27. The van der Waals surface area contributed by atoms with Crippen molar-refractivity contribution in [3.8, 4) is 0 Å². The van der Waals surface area contributed by atoms with Gasteiger partial charge in [-0.25, -0.2) is 22.2 Å². The van der Waals surface area contributed by atoms with Crippen LogP contribution in [0.25, 0.3) is 0 Å². The fourth-order valence-corrected chi connectivity index (χ4v) is 2.27.